The van der Waals surface area contributed by atoms with Gasteiger partial charge >= 0.3 is 0 Å². The predicted octanol–water partition coefficient (Wildman–Crippen LogP) is 2.30. The number of aromatic nitrogens is 2. The first-order chi connectivity index (χ1) is 5.63. The second-order valence-electron chi connectivity index (χ2n) is 2.84. The van der Waals surface area contributed by atoms with Crippen LogP contribution in [0.15, 0.2) is 6.07 Å². The van der Waals surface area contributed by atoms with Gasteiger partial charge in [0.2, 0.25) is 5.95 Å². The van der Waals surface area contributed by atoms with Crippen molar-refractivity contribution < 1.29 is 0 Å². The van der Waals surface area contributed by atoms with Gasteiger partial charge in [-0.15, -0.1) is 0 Å². The topological polar surface area (TPSA) is 37.8 Å². The van der Waals surface area contributed by atoms with Crippen LogP contribution in [-0.4, -0.2) is 17.0 Å². The Morgan fingerprint density at radius 1 is 1.42 bits per heavy atom. The van der Waals surface area contributed by atoms with Crippen LogP contribution in [0.1, 0.15) is 25.5 Å². The summed E-state index contributed by atoms with van der Waals surface area (Å²) in [7, 11) is 1.77. The summed E-state index contributed by atoms with van der Waals surface area (Å²) in [5.41, 5.74) is 0.958. The van der Waals surface area contributed by atoms with Gasteiger partial charge in [0, 0.05) is 7.05 Å². The zero-order valence-corrected chi connectivity index (χ0v) is 8.18. The fourth-order valence-corrected chi connectivity index (χ4v) is 1.03. The molecule has 0 saturated heterocycles. The molecule has 0 aromatic carbocycles. The Bertz CT molecular complexity index is 273. The first-order valence-electron chi connectivity index (χ1n) is 3.85. The molecule has 0 saturated carbocycles. The van der Waals surface area contributed by atoms with Gasteiger partial charge in [-0.3, -0.25) is 0 Å². The molecule has 1 heterocycles. The quantitative estimate of drug-likeness (QED) is 0.719. The van der Waals surface area contributed by atoms with E-state index < -0.39 is 0 Å². The Balaban J connectivity index is 3.06. The number of hydrogen-bond donors (Lipinski definition) is 1. The number of nitrogens with zero attached hydrogens (tertiary/aromatic N) is 2. The maximum absolute atomic E-state index is 5.78. The number of hydrogen-bond acceptors (Lipinski definition) is 3. The zero-order chi connectivity index (χ0) is 9.14. The molecule has 1 aromatic rings. The molecular weight excluding hydrogens is 174 g/mol. The summed E-state index contributed by atoms with van der Waals surface area (Å²) in [5.74, 6) is 0.948. The molecule has 0 aliphatic heterocycles. The van der Waals surface area contributed by atoms with Crippen molar-refractivity contribution in [2.75, 3.05) is 12.4 Å². The smallest absolute Gasteiger partial charge is 0.224 e. The van der Waals surface area contributed by atoms with Crippen LogP contribution < -0.4 is 5.32 Å². The first kappa shape index (κ1) is 9.26. The Morgan fingerprint density at radius 2 is 2.08 bits per heavy atom. The molecular formula is C8H12ClN3. The summed E-state index contributed by atoms with van der Waals surface area (Å²) >= 11 is 5.78. The van der Waals surface area contributed by atoms with E-state index >= 15 is 0 Å². The van der Waals surface area contributed by atoms with Crippen molar-refractivity contribution >= 4 is 17.5 Å². The van der Waals surface area contributed by atoms with Crippen molar-refractivity contribution in [1.29, 1.82) is 0 Å². The highest BCUT2D eigenvalue weighted by molar-refractivity contribution is 6.29. The minimum absolute atomic E-state index is 0.373. The summed E-state index contributed by atoms with van der Waals surface area (Å²) in [6.45, 7) is 4.14. The minimum atomic E-state index is 0.373. The monoisotopic (exact) mass is 185 g/mol. The molecule has 12 heavy (non-hydrogen) atoms. The number of anilines is 1. The van der Waals surface area contributed by atoms with E-state index in [1.54, 1.807) is 13.1 Å². The van der Waals surface area contributed by atoms with Crippen molar-refractivity contribution in [2.24, 2.45) is 0 Å². The minimum Gasteiger partial charge on any atom is -0.357 e. The molecule has 66 valence electrons. The highest BCUT2D eigenvalue weighted by atomic mass is 35.5. The SMILES string of the molecule is CNc1nc(Cl)cc(C(C)C)n1. The van der Waals surface area contributed by atoms with Crippen LogP contribution in [0, 0.1) is 0 Å². The second-order valence-corrected chi connectivity index (χ2v) is 3.23. The molecule has 0 unspecified atom stereocenters. The van der Waals surface area contributed by atoms with Crippen molar-refractivity contribution in [3.63, 3.8) is 0 Å². The molecule has 0 radical (unpaired) electrons. The molecule has 0 spiro atoms. The van der Waals surface area contributed by atoms with Crippen LogP contribution in [0.4, 0.5) is 5.95 Å². The van der Waals surface area contributed by atoms with Crippen molar-refractivity contribution in [2.45, 2.75) is 19.8 Å². The average Bonchev–Trinajstić information content (AvgIpc) is 2.03. The molecule has 3 nitrogen and oxygen atoms in total. The van der Waals surface area contributed by atoms with Gasteiger partial charge in [-0.1, -0.05) is 25.4 Å². The number of nitrogens with one attached hydrogen (secondary N) is 1. The van der Waals surface area contributed by atoms with Gasteiger partial charge in [0.05, 0.1) is 5.69 Å². The molecule has 0 bridgehead atoms. The molecule has 0 fully saturated rings. The normalized spacial score (nSPS) is 10.4. The molecule has 1 aromatic heterocycles. The Kier molecular flexibility index (Phi) is 2.87. The summed E-state index contributed by atoms with van der Waals surface area (Å²) < 4.78 is 0. The van der Waals surface area contributed by atoms with E-state index in [0.717, 1.165) is 5.69 Å². The van der Waals surface area contributed by atoms with E-state index in [2.05, 4.69) is 29.1 Å². The van der Waals surface area contributed by atoms with Crippen molar-refractivity contribution in [3.05, 3.63) is 16.9 Å². The second kappa shape index (κ2) is 3.72. The van der Waals surface area contributed by atoms with Crippen LogP contribution in [0.2, 0.25) is 5.15 Å². The molecule has 0 aliphatic rings. The Morgan fingerprint density at radius 3 is 2.58 bits per heavy atom. The third-order valence-corrected chi connectivity index (χ3v) is 1.72. The maximum Gasteiger partial charge on any atom is 0.224 e. The van der Waals surface area contributed by atoms with E-state index in [4.69, 9.17) is 11.6 Å². The summed E-state index contributed by atoms with van der Waals surface area (Å²) in [6, 6.07) is 1.78. The zero-order valence-electron chi connectivity index (χ0n) is 7.43. The van der Waals surface area contributed by atoms with Gasteiger partial charge in [-0.05, 0) is 12.0 Å². The van der Waals surface area contributed by atoms with Gasteiger partial charge in [-0.25, -0.2) is 9.97 Å². The van der Waals surface area contributed by atoms with Gasteiger partial charge in [0.1, 0.15) is 5.15 Å². The summed E-state index contributed by atoms with van der Waals surface area (Å²) in [6.07, 6.45) is 0. The number of halogens is 1. The molecule has 4 heteroatoms. The predicted molar refractivity (Wildman–Crippen MR) is 50.7 cm³/mol. The molecule has 0 amide bonds. The van der Waals surface area contributed by atoms with Crippen molar-refractivity contribution in [3.8, 4) is 0 Å². The van der Waals surface area contributed by atoms with E-state index in [-0.39, 0.29) is 0 Å². The van der Waals surface area contributed by atoms with Gasteiger partial charge in [0.15, 0.2) is 0 Å². The third kappa shape index (κ3) is 2.08. The van der Waals surface area contributed by atoms with Crippen molar-refractivity contribution in [1.82, 2.24) is 9.97 Å². The Hall–Kier alpha value is -0.830. The lowest BCUT2D eigenvalue weighted by atomic mass is 10.1. The standard InChI is InChI=1S/C8H12ClN3/c1-5(2)6-4-7(9)12-8(10-3)11-6/h4-5H,1-3H3,(H,10,11,12). The average molecular weight is 186 g/mol. The molecule has 0 aliphatic carbocycles. The largest absolute Gasteiger partial charge is 0.357 e. The lowest BCUT2D eigenvalue weighted by Crippen LogP contribution is -2.01. The number of rotatable bonds is 2. The molecule has 1 N–H and O–H groups in total. The first-order valence-corrected chi connectivity index (χ1v) is 4.23. The maximum atomic E-state index is 5.78. The van der Waals surface area contributed by atoms with E-state index in [1.165, 1.54) is 0 Å². The third-order valence-electron chi connectivity index (χ3n) is 1.53. The van der Waals surface area contributed by atoms with E-state index in [1.807, 2.05) is 0 Å². The highest BCUT2D eigenvalue weighted by Crippen LogP contribution is 2.16. The van der Waals surface area contributed by atoms with E-state index in [9.17, 15) is 0 Å². The molecule has 1 rings (SSSR count). The van der Waals surface area contributed by atoms with Crippen LogP contribution in [0.25, 0.3) is 0 Å². The van der Waals surface area contributed by atoms with Gasteiger partial charge in [-0.2, -0.15) is 0 Å². The van der Waals surface area contributed by atoms with Crippen LogP contribution >= 0.6 is 11.6 Å². The van der Waals surface area contributed by atoms with Crippen LogP contribution in [0.3, 0.4) is 0 Å². The fraction of sp³-hybridized carbons (Fsp3) is 0.500. The van der Waals surface area contributed by atoms with Gasteiger partial charge in [0.25, 0.3) is 0 Å². The molecule has 0 atom stereocenters. The van der Waals surface area contributed by atoms with Gasteiger partial charge < -0.3 is 5.32 Å². The van der Waals surface area contributed by atoms with E-state index in [0.29, 0.717) is 17.0 Å². The summed E-state index contributed by atoms with van der Waals surface area (Å²) in [4.78, 5) is 8.22. The Labute approximate surface area is 77.2 Å². The highest BCUT2D eigenvalue weighted by Gasteiger charge is 2.04. The van der Waals surface area contributed by atoms with Crippen LogP contribution in [-0.2, 0) is 0 Å². The lowest BCUT2D eigenvalue weighted by Gasteiger charge is -2.06. The van der Waals surface area contributed by atoms with Crippen LogP contribution in [0.5, 0.6) is 0 Å². The lowest BCUT2D eigenvalue weighted by molar-refractivity contribution is 0.816. The fourth-order valence-electron chi connectivity index (χ4n) is 0.843. The summed E-state index contributed by atoms with van der Waals surface area (Å²) in [5, 5.41) is 3.34.